The number of hydrogen-bond acceptors (Lipinski definition) is 2. The second-order valence-corrected chi connectivity index (χ2v) is 4.55. The number of halogens is 1. The molecule has 2 rings (SSSR count). The first kappa shape index (κ1) is 11.5. The van der Waals surface area contributed by atoms with Gasteiger partial charge in [0, 0.05) is 11.6 Å². The zero-order valence-electron chi connectivity index (χ0n) is 9.12. The Morgan fingerprint density at radius 3 is 2.31 bits per heavy atom. The van der Waals surface area contributed by atoms with Crippen molar-refractivity contribution in [3.63, 3.8) is 0 Å². The minimum absolute atomic E-state index is 0.513. The number of ether oxygens (including phenoxy) is 1. The van der Waals surface area contributed by atoms with Gasteiger partial charge in [0.05, 0.1) is 0 Å². The normalized spacial score (nSPS) is 17.1. The highest BCUT2D eigenvalue weighted by Gasteiger charge is 2.15. The van der Waals surface area contributed by atoms with Crippen LogP contribution >= 0.6 is 11.6 Å². The average Bonchev–Trinajstić information content (AvgIpc) is 2.30. The van der Waals surface area contributed by atoms with E-state index >= 15 is 0 Å². The van der Waals surface area contributed by atoms with Crippen LogP contribution in [0.4, 0.5) is 4.79 Å². The molecule has 16 heavy (non-hydrogen) atoms. The second kappa shape index (κ2) is 5.35. The summed E-state index contributed by atoms with van der Waals surface area (Å²) in [6, 6.07) is 7.69. The van der Waals surface area contributed by atoms with Crippen molar-refractivity contribution in [3.05, 3.63) is 29.8 Å². The van der Waals surface area contributed by atoms with Crippen molar-refractivity contribution in [1.29, 1.82) is 0 Å². The Bertz CT molecular complexity index is 353. The molecule has 1 saturated carbocycles. The van der Waals surface area contributed by atoms with Gasteiger partial charge in [-0.2, -0.15) is 0 Å². The predicted octanol–water partition coefficient (Wildman–Crippen LogP) is 4.47. The van der Waals surface area contributed by atoms with Crippen molar-refractivity contribution in [3.8, 4) is 5.75 Å². The van der Waals surface area contributed by atoms with E-state index in [1.807, 2.05) is 24.3 Å². The van der Waals surface area contributed by atoms with Crippen LogP contribution in [0.15, 0.2) is 24.3 Å². The number of benzene rings is 1. The molecule has 0 unspecified atom stereocenters. The van der Waals surface area contributed by atoms with Gasteiger partial charge in [0.25, 0.3) is 0 Å². The molecule has 0 N–H and O–H groups in total. The molecule has 1 aliphatic carbocycles. The van der Waals surface area contributed by atoms with Gasteiger partial charge in [-0.05, 0) is 36.5 Å². The first-order chi connectivity index (χ1) is 7.75. The Morgan fingerprint density at radius 1 is 1.12 bits per heavy atom. The lowest BCUT2D eigenvalue weighted by Gasteiger charge is -2.21. The fraction of sp³-hybridized carbons (Fsp3) is 0.462. The van der Waals surface area contributed by atoms with Crippen LogP contribution in [0.3, 0.4) is 0 Å². The fourth-order valence-corrected chi connectivity index (χ4v) is 2.43. The highest BCUT2D eigenvalue weighted by atomic mass is 35.5. The number of hydrogen-bond donors (Lipinski definition) is 0. The molecule has 2 nitrogen and oxygen atoms in total. The Kier molecular flexibility index (Phi) is 3.83. The lowest BCUT2D eigenvalue weighted by molar-refractivity contribution is 0.225. The lowest BCUT2D eigenvalue weighted by Crippen LogP contribution is -2.04. The van der Waals surface area contributed by atoms with E-state index in [1.165, 1.54) is 37.7 Å². The molecule has 0 amide bonds. The van der Waals surface area contributed by atoms with E-state index in [0.717, 1.165) is 0 Å². The number of rotatable bonds is 2. The molecule has 1 aliphatic rings. The van der Waals surface area contributed by atoms with E-state index in [1.54, 1.807) is 0 Å². The van der Waals surface area contributed by atoms with Crippen LogP contribution in [-0.4, -0.2) is 5.43 Å². The van der Waals surface area contributed by atoms with Gasteiger partial charge in [0.1, 0.15) is 5.75 Å². The molecule has 1 fully saturated rings. The molecule has 0 spiro atoms. The van der Waals surface area contributed by atoms with E-state index < -0.39 is 5.43 Å². The zero-order chi connectivity index (χ0) is 11.4. The third-order valence-electron chi connectivity index (χ3n) is 3.15. The SMILES string of the molecule is O=C(Cl)Oc1ccc(C2CCCCC2)cc1. The van der Waals surface area contributed by atoms with E-state index in [0.29, 0.717) is 11.7 Å². The standard InChI is InChI=1S/C13H15ClO2/c14-13(15)16-12-8-6-11(7-9-12)10-4-2-1-3-5-10/h6-10H,1-5H2. The average molecular weight is 239 g/mol. The molecular weight excluding hydrogens is 224 g/mol. The van der Waals surface area contributed by atoms with Gasteiger partial charge in [-0.1, -0.05) is 31.4 Å². The molecule has 1 aromatic carbocycles. The van der Waals surface area contributed by atoms with Crippen molar-refractivity contribution in [1.82, 2.24) is 0 Å². The van der Waals surface area contributed by atoms with Crippen molar-refractivity contribution < 1.29 is 9.53 Å². The number of carbonyl (C=O) groups excluding carboxylic acids is 1. The Balaban J connectivity index is 2.03. The second-order valence-electron chi connectivity index (χ2n) is 4.24. The van der Waals surface area contributed by atoms with Gasteiger partial charge >= 0.3 is 5.43 Å². The van der Waals surface area contributed by atoms with Gasteiger partial charge in [-0.3, -0.25) is 0 Å². The molecule has 0 aromatic heterocycles. The maximum atomic E-state index is 10.5. The summed E-state index contributed by atoms with van der Waals surface area (Å²) < 4.78 is 4.78. The summed E-state index contributed by atoms with van der Waals surface area (Å²) in [7, 11) is 0. The van der Waals surface area contributed by atoms with Crippen molar-refractivity contribution in [2.75, 3.05) is 0 Å². The summed E-state index contributed by atoms with van der Waals surface area (Å²) in [5, 5.41) is 0. The molecule has 0 saturated heterocycles. The zero-order valence-corrected chi connectivity index (χ0v) is 9.87. The number of carbonyl (C=O) groups is 1. The molecule has 0 radical (unpaired) electrons. The van der Waals surface area contributed by atoms with Gasteiger partial charge < -0.3 is 4.74 Å². The Hall–Kier alpha value is -1.02. The summed E-state index contributed by atoms with van der Waals surface area (Å²) in [4.78, 5) is 10.5. The Labute approximate surface area is 101 Å². The highest BCUT2D eigenvalue weighted by Crippen LogP contribution is 2.33. The predicted molar refractivity (Wildman–Crippen MR) is 64.1 cm³/mol. The van der Waals surface area contributed by atoms with Crippen LogP contribution in [-0.2, 0) is 0 Å². The molecule has 0 aliphatic heterocycles. The summed E-state index contributed by atoms with van der Waals surface area (Å²) in [6.45, 7) is 0. The molecule has 3 heteroatoms. The maximum Gasteiger partial charge on any atom is 0.409 e. The van der Waals surface area contributed by atoms with Crippen LogP contribution in [0.1, 0.15) is 43.6 Å². The van der Waals surface area contributed by atoms with Crippen LogP contribution in [0.2, 0.25) is 0 Å². The largest absolute Gasteiger partial charge is 0.415 e. The monoisotopic (exact) mass is 238 g/mol. The highest BCUT2D eigenvalue weighted by molar-refractivity contribution is 6.61. The van der Waals surface area contributed by atoms with Crippen LogP contribution in [0.5, 0.6) is 5.75 Å². The molecule has 0 heterocycles. The van der Waals surface area contributed by atoms with Crippen molar-refractivity contribution in [2.24, 2.45) is 0 Å². The molecule has 86 valence electrons. The van der Waals surface area contributed by atoms with E-state index in [2.05, 4.69) is 0 Å². The third-order valence-corrected chi connectivity index (χ3v) is 3.23. The minimum atomic E-state index is -0.787. The van der Waals surface area contributed by atoms with Crippen molar-refractivity contribution in [2.45, 2.75) is 38.0 Å². The van der Waals surface area contributed by atoms with E-state index in [9.17, 15) is 4.79 Å². The molecule has 0 atom stereocenters. The summed E-state index contributed by atoms with van der Waals surface area (Å²) in [5.41, 5.74) is 0.555. The smallest absolute Gasteiger partial charge is 0.409 e. The van der Waals surface area contributed by atoms with Gasteiger partial charge in [-0.15, -0.1) is 0 Å². The van der Waals surface area contributed by atoms with Gasteiger partial charge in [0.15, 0.2) is 0 Å². The van der Waals surface area contributed by atoms with Crippen molar-refractivity contribution >= 4 is 17.0 Å². The third kappa shape index (κ3) is 2.99. The molecule has 0 bridgehead atoms. The lowest BCUT2D eigenvalue weighted by atomic mass is 9.84. The minimum Gasteiger partial charge on any atom is -0.415 e. The van der Waals surface area contributed by atoms with Gasteiger partial charge in [0.2, 0.25) is 0 Å². The van der Waals surface area contributed by atoms with Gasteiger partial charge in [-0.25, -0.2) is 4.79 Å². The molecular formula is C13H15ClO2. The van der Waals surface area contributed by atoms with Crippen LogP contribution in [0, 0.1) is 0 Å². The van der Waals surface area contributed by atoms with Crippen LogP contribution in [0.25, 0.3) is 0 Å². The first-order valence-corrected chi connectivity index (χ1v) is 6.11. The summed E-state index contributed by atoms with van der Waals surface area (Å²) in [5.74, 6) is 1.19. The summed E-state index contributed by atoms with van der Waals surface area (Å²) >= 11 is 5.14. The summed E-state index contributed by atoms with van der Waals surface area (Å²) in [6.07, 6.45) is 6.55. The topological polar surface area (TPSA) is 26.3 Å². The van der Waals surface area contributed by atoms with E-state index in [4.69, 9.17) is 16.3 Å². The molecule has 1 aromatic rings. The van der Waals surface area contributed by atoms with E-state index in [-0.39, 0.29) is 0 Å². The maximum absolute atomic E-state index is 10.5. The quantitative estimate of drug-likeness (QED) is 0.711. The Morgan fingerprint density at radius 2 is 1.75 bits per heavy atom. The van der Waals surface area contributed by atoms with Crippen LogP contribution < -0.4 is 4.74 Å². The fourth-order valence-electron chi connectivity index (χ4n) is 2.34. The first-order valence-electron chi connectivity index (χ1n) is 5.73.